The molecule has 10 nitrogen and oxygen atoms in total. The minimum absolute atomic E-state index is 0.0109. The number of anilines is 1. The molecule has 1 spiro atoms. The van der Waals surface area contributed by atoms with E-state index in [1.165, 1.54) is 31.9 Å². The summed E-state index contributed by atoms with van der Waals surface area (Å²) in [6, 6.07) is 8.64. The van der Waals surface area contributed by atoms with Crippen LogP contribution >= 0.6 is 27.5 Å². The minimum atomic E-state index is -1.95. The minimum Gasteiger partial charge on any atom is -0.496 e. The van der Waals surface area contributed by atoms with Crippen LogP contribution in [0.4, 0.5) is 5.82 Å². The van der Waals surface area contributed by atoms with Gasteiger partial charge in [0.15, 0.2) is 5.75 Å². The summed E-state index contributed by atoms with van der Waals surface area (Å²) >= 11 is 9.99. The predicted molar refractivity (Wildman–Crippen MR) is 150 cm³/mol. The number of aromatic nitrogens is 2. The summed E-state index contributed by atoms with van der Waals surface area (Å²) in [6.07, 6.45) is 0.214. The molecule has 3 aliphatic rings. The first-order chi connectivity index (χ1) is 19.0. The zero-order valence-corrected chi connectivity index (χ0v) is 24.2. The number of fused-ring (bicyclic) bond motifs is 2. The van der Waals surface area contributed by atoms with E-state index in [1.54, 1.807) is 31.2 Å². The number of hydrogen-bond donors (Lipinski definition) is 2. The number of H-pyrrole nitrogens is 1. The quantitative estimate of drug-likeness (QED) is 0.418. The molecule has 2 aromatic carbocycles. The summed E-state index contributed by atoms with van der Waals surface area (Å²) in [5, 5.41) is 3.22. The normalized spacial score (nSPS) is 22.9. The molecule has 40 heavy (non-hydrogen) atoms. The van der Waals surface area contributed by atoms with Gasteiger partial charge in [0.25, 0.3) is 5.56 Å². The van der Waals surface area contributed by atoms with E-state index in [0.717, 1.165) is 4.47 Å². The van der Waals surface area contributed by atoms with E-state index in [2.05, 4.69) is 26.2 Å². The van der Waals surface area contributed by atoms with Crippen molar-refractivity contribution < 1.29 is 23.8 Å². The molecule has 6 rings (SSSR count). The molecular formula is C28H23BrClN3O7. The molecule has 1 aliphatic carbocycles. The van der Waals surface area contributed by atoms with Crippen molar-refractivity contribution in [2.24, 2.45) is 13.0 Å². The molecule has 3 aromatic rings. The van der Waals surface area contributed by atoms with Crippen LogP contribution in [0, 0.1) is 5.92 Å². The number of hydrogen-bond acceptors (Lipinski definition) is 8. The Hall–Kier alpha value is -3.83. The molecule has 3 unspecified atom stereocenters. The summed E-state index contributed by atoms with van der Waals surface area (Å²) in [6.45, 7) is 1.74. The number of ketones is 2. The van der Waals surface area contributed by atoms with Gasteiger partial charge in [-0.1, -0.05) is 46.6 Å². The van der Waals surface area contributed by atoms with Crippen molar-refractivity contribution in [3.8, 4) is 17.2 Å². The molecule has 3 heterocycles. The van der Waals surface area contributed by atoms with E-state index >= 15 is 0 Å². The molecule has 0 amide bonds. The zero-order chi connectivity index (χ0) is 28.7. The van der Waals surface area contributed by atoms with E-state index in [9.17, 15) is 19.2 Å². The number of ether oxygens (including phenoxy) is 3. The van der Waals surface area contributed by atoms with Gasteiger partial charge in [-0.2, -0.15) is 0 Å². The Morgan fingerprint density at radius 1 is 1.07 bits per heavy atom. The molecule has 1 aromatic heterocycles. The van der Waals surface area contributed by atoms with Gasteiger partial charge in [0, 0.05) is 40.7 Å². The maximum absolute atomic E-state index is 14.7. The van der Waals surface area contributed by atoms with E-state index in [-0.39, 0.29) is 51.2 Å². The van der Waals surface area contributed by atoms with Gasteiger partial charge in [0.05, 0.1) is 19.8 Å². The molecule has 12 heteroatoms. The van der Waals surface area contributed by atoms with Crippen LogP contribution in [0.3, 0.4) is 0 Å². The number of halogens is 2. The third-order valence-corrected chi connectivity index (χ3v) is 8.83. The fourth-order valence-electron chi connectivity index (χ4n) is 5.95. The van der Waals surface area contributed by atoms with E-state index in [1.807, 2.05) is 0 Å². The second-order valence-corrected chi connectivity index (χ2v) is 11.3. The topological polar surface area (TPSA) is 129 Å². The molecule has 0 saturated carbocycles. The van der Waals surface area contributed by atoms with Crippen molar-refractivity contribution in [3.63, 3.8) is 0 Å². The van der Waals surface area contributed by atoms with Gasteiger partial charge >= 0.3 is 5.69 Å². The number of aromatic amines is 1. The van der Waals surface area contributed by atoms with Crippen molar-refractivity contribution in [1.29, 1.82) is 0 Å². The van der Waals surface area contributed by atoms with Crippen molar-refractivity contribution in [3.05, 3.63) is 88.6 Å². The van der Waals surface area contributed by atoms with Crippen LogP contribution < -0.4 is 30.8 Å². The summed E-state index contributed by atoms with van der Waals surface area (Å²) in [7, 11) is 4.35. The van der Waals surface area contributed by atoms with Gasteiger partial charge in [-0.25, -0.2) is 4.79 Å². The maximum atomic E-state index is 14.7. The molecule has 2 N–H and O–H groups in total. The monoisotopic (exact) mass is 627 g/mol. The highest BCUT2D eigenvalue weighted by molar-refractivity contribution is 9.10. The first-order valence-electron chi connectivity index (χ1n) is 12.4. The van der Waals surface area contributed by atoms with E-state index in [4.69, 9.17) is 25.8 Å². The molecule has 206 valence electrons. The Labute approximate surface area is 241 Å². The molecule has 3 atom stereocenters. The number of methoxy groups -OCH3 is 2. The molecule has 2 aliphatic heterocycles. The van der Waals surface area contributed by atoms with Crippen LogP contribution in [0.1, 0.15) is 40.7 Å². The zero-order valence-electron chi connectivity index (χ0n) is 21.8. The SMILES string of the molecule is COc1cc(OC)c2c(c1Cl)OC1(C(=O)C3=C(CC1C)Nc1c(c(=O)[nH]c(=O)n1C)C3c1ccc(Br)cc1)C2=O. The first-order valence-corrected chi connectivity index (χ1v) is 13.5. The van der Waals surface area contributed by atoms with Gasteiger partial charge in [-0.05, 0) is 24.1 Å². The number of rotatable bonds is 3. The predicted octanol–water partition coefficient (Wildman–Crippen LogP) is 3.94. The number of carbonyl (C=O) groups excluding carboxylic acids is 2. The highest BCUT2D eigenvalue weighted by Gasteiger charge is 2.63. The largest absolute Gasteiger partial charge is 0.496 e. The van der Waals surface area contributed by atoms with Gasteiger partial charge in [0.2, 0.25) is 17.2 Å². The summed E-state index contributed by atoms with van der Waals surface area (Å²) in [5.74, 6) is -2.03. The number of allylic oxidation sites excluding steroid dienone is 1. The number of Topliss-reactive ketones (excluding diaryl/α,β-unsaturated/α-hetero) is 2. The van der Waals surface area contributed by atoms with Crippen LogP contribution in [0.2, 0.25) is 5.02 Å². The maximum Gasteiger partial charge on any atom is 0.329 e. The lowest BCUT2D eigenvalue weighted by molar-refractivity contribution is -0.130. The molecular weight excluding hydrogens is 606 g/mol. The fourth-order valence-corrected chi connectivity index (χ4v) is 6.48. The molecule has 0 fully saturated rings. The second-order valence-electron chi connectivity index (χ2n) is 9.98. The third-order valence-electron chi connectivity index (χ3n) is 7.94. The average Bonchev–Trinajstić information content (AvgIpc) is 3.25. The Morgan fingerprint density at radius 3 is 2.40 bits per heavy atom. The van der Waals surface area contributed by atoms with Crippen molar-refractivity contribution in [1.82, 2.24) is 9.55 Å². The molecule has 0 radical (unpaired) electrons. The average molecular weight is 629 g/mol. The van der Waals surface area contributed by atoms with E-state index in [0.29, 0.717) is 11.3 Å². The lowest BCUT2D eigenvalue weighted by Gasteiger charge is -2.42. The van der Waals surface area contributed by atoms with E-state index < -0.39 is 40.3 Å². The molecule has 0 saturated heterocycles. The number of benzene rings is 2. The third kappa shape index (κ3) is 3.40. The van der Waals surface area contributed by atoms with Gasteiger partial charge in [0.1, 0.15) is 27.9 Å². The second kappa shape index (κ2) is 9.10. The Kier molecular flexibility index (Phi) is 6.01. The first kappa shape index (κ1) is 26.4. The Balaban J connectivity index is 1.60. The van der Waals surface area contributed by atoms with Gasteiger partial charge in [-0.15, -0.1) is 0 Å². The van der Waals surface area contributed by atoms with Crippen molar-refractivity contribution >= 4 is 44.9 Å². The molecule has 0 bridgehead atoms. The van der Waals surface area contributed by atoms with Crippen LogP contribution in [0.15, 0.2) is 55.7 Å². The lowest BCUT2D eigenvalue weighted by atomic mass is 9.66. The standard InChI is InChI=1S/C28H23BrClN3O7/c1-11-9-14-18(23(34)28(11)24(35)19-15(38-3)10-16(39-4)21(30)22(19)40-28)17(12-5-7-13(29)8-6-12)20-25(31-14)33(2)27(37)32-26(20)36/h5-8,10-11,17,31H,9H2,1-4H3,(H,32,36,37). The Morgan fingerprint density at radius 2 is 1.75 bits per heavy atom. The number of nitrogens with zero attached hydrogens (tertiary/aromatic N) is 1. The van der Waals surface area contributed by atoms with Crippen LogP contribution in [0.5, 0.6) is 17.2 Å². The smallest absolute Gasteiger partial charge is 0.329 e. The van der Waals surface area contributed by atoms with Crippen molar-refractivity contribution in [2.45, 2.75) is 24.9 Å². The van der Waals surface area contributed by atoms with Crippen LogP contribution in [-0.2, 0) is 11.8 Å². The van der Waals surface area contributed by atoms with Gasteiger partial charge < -0.3 is 19.5 Å². The van der Waals surface area contributed by atoms with Crippen LogP contribution in [-0.4, -0.2) is 40.9 Å². The summed E-state index contributed by atoms with van der Waals surface area (Å²) < 4.78 is 19.2. The number of nitrogens with one attached hydrogen (secondary N) is 2. The fraction of sp³-hybridized carbons (Fsp3) is 0.286. The summed E-state index contributed by atoms with van der Waals surface area (Å²) in [5.41, 5.74) is -1.61. The van der Waals surface area contributed by atoms with Crippen LogP contribution in [0.25, 0.3) is 0 Å². The highest BCUT2D eigenvalue weighted by atomic mass is 79.9. The Bertz CT molecular complexity index is 1790. The summed E-state index contributed by atoms with van der Waals surface area (Å²) in [4.78, 5) is 57.0. The highest BCUT2D eigenvalue weighted by Crippen LogP contribution is 2.56. The lowest BCUT2D eigenvalue weighted by Crippen LogP contribution is -2.58. The van der Waals surface area contributed by atoms with Crippen molar-refractivity contribution in [2.75, 3.05) is 19.5 Å². The van der Waals surface area contributed by atoms with Gasteiger partial charge in [-0.3, -0.25) is 23.9 Å². The number of carbonyl (C=O) groups is 2.